The van der Waals surface area contributed by atoms with Gasteiger partial charge in [-0.2, -0.15) is 4.98 Å². The van der Waals surface area contributed by atoms with E-state index in [1.807, 2.05) is 13.8 Å². The lowest BCUT2D eigenvalue weighted by Gasteiger charge is -2.61. The van der Waals surface area contributed by atoms with Crippen LogP contribution in [0.1, 0.15) is 58.4 Å². The van der Waals surface area contributed by atoms with Crippen LogP contribution in [0.25, 0.3) is 11.4 Å². The Kier molecular flexibility index (Phi) is 6.63. The van der Waals surface area contributed by atoms with Crippen LogP contribution in [-0.4, -0.2) is 52.5 Å². The summed E-state index contributed by atoms with van der Waals surface area (Å²) >= 11 is 0. The molecule has 2 heterocycles. The fourth-order valence-electron chi connectivity index (χ4n) is 7.18. The molecule has 2 aromatic rings. The van der Waals surface area contributed by atoms with Gasteiger partial charge in [-0.15, -0.1) is 0 Å². The summed E-state index contributed by atoms with van der Waals surface area (Å²) in [6.45, 7) is 5.04. The molecule has 3 fully saturated rings. The second-order valence-electron chi connectivity index (χ2n) is 11.1. The first-order chi connectivity index (χ1) is 18.0. The minimum Gasteiger partial charge on any atom is -0.455 e. The average Bonchev–Trinajstić information content (AvgIpc) is 3.35. The van der Waals surface area contributed by atoms with Gasteiger partial charge in [0, 0.05) is 37.9 Å². The van der Waals surface area contributed by atoms with Crippen molar-refractivity contribution in [3.63, 3.8) is 0 Å². The van der Waals surface area contributed by atoms with E-state index >= 15 is 0 Å². The lowest BCUT2D eigenvalue weighted by atomic mass is 9.43. The molecule has 0 amide bonds. The van der Waals surface area contributed by atoms with E-state index in [1.165, 1.54) is 38.3 Å². The Hall–Kier alpha value is -3.18. The Balaban J connectivity index is 1.52. The van der Waals surface area contributed by atoms with E-state index in [2.05, 4.69) is 10.1 Å². The topological polar surface area (TPSA) is 138 Å². The van der Waals surface area contributed by atoms with Crippen molar-refractivity contribution in [3.8, 4) is 11.4 Å². The molecule has 1 aliphatic heterocycles. The number of ether oxygens (including phenoxy) is 3. The number of esters is 2. The highest BCUT2D eigenvalue weighted by Crippen LogP contribution is 2.65. The number of benzene rings is 1. The first-order valence-electron chi connectivity index (χ1n) is 12.7. The van der Waals surface area contributed by atoms with Crippen molar-refractivity contribution in [2.45, 2.75) is 65.0 Å². The standard InChI is InChI=1S/C27H31FN2O8/c1-13(31)36-18-11-17(24(33)35-4)26(2)10-9-16-25(34)37-19(12-27(16,3)21(26)20(18)32)23-29-22(30-38-23)14-5-7-15(28)8-6-14/h5-8,16-19,21,24,33H,9-12H2,1-4H3/t16-,17-,18-,19-,21-,24?,26-,27-/m0/s1. The molecule has 1 unspecified atom stereocenters. The summed E-state index contributed by atoms with van der Waals surface area (Å²) in [5.41, 5.74) is -1.12. The van der Waals surface area contributed by atoms with Gasteiger partial charge in [-0.1, -0.05) is 19.0 Å². The number of halogens is 1. The van der Waals surface area contributed by atoms with E-state index in [-0.39, 0.29) is 30.3 Å². The smallest absolute Gasteiger partial charge is 0.310 e. The molecule has 1 N–H and O–H groups in total. The number of Topliss-reactive ketones (excluding diaryl/α,β-unsaturated/α-hetero) is 1. The van der Waals surface area contributed by atoms with E-state index in [1.54, 1.807) is 0 Å². The zero-order valence-corrected chi connectivity index (χ0v) is 21.7. The molecule has 204 valence electrons. The molecule has 2 saturated carbocycles. The number of ketones is 1. The summed E-state index contributed by atoms with van der Waals surface area (Å²) in [7, 11) is 1.38. The molecular formula is C27H31FN2O8. The van der Waals surface area contributed by atoms with E-state index in [9.17, 15) is 23.9 Å². The minimum absolute atomic E-state index is 0.0675. The van der Waals surface area contributed by atoms with Crippen LogP contribution in [-0.2, 0) is 28.6 Å². The third kappa shape index (κ3) is 4.21. The Morgan fingerprint density at radius 3 is 2.58 bits per heavy atom. The third-order valence-electron chi connectivity index (χ3n) is 8.89. The maximum absolute atomic E-state index is 13.9. The maximum Gasteiger partial charge on any atom is 0.310 e. The minimum atomic E-state index is -1.19. The Morgan fingerprint density at radius 2 is 1.92 bits per heavy atom. The lowest BCUT2D eigenvalue weighted by Crippen LogP contribution is -2.65. The van der Waals surface area contributed by atoms with Gasteiger partial charge >= 0.3 is 11.9 Å². The van der Waals surface area contributed by atoms with Gasteiger partial charge in [-0.3, -0.25) is 14.4 Å². The summed E-state index contributed by atoms with van der Waals surface area (Å²) < 4.78 is 35.2. The summed E-state index contributed by atoms with van der Waals surface area (Å²) in [4.78, 5) is 43.5. The number of rotatable bonds is 5. The molecule has 1 aromatic carbocycles. The number of aromatic nitrogens is 2. The highest BCUT2D eigenvalue weighted by molar-refractivity contribution is 5.91. The number of carbonyl (C=O) groups is 3. The van der Waals surface area contributed by atoms with Crippen molar-refractivity contribution in [1.82, 2.24) is 10.1 Å². The van der Waals surface area contributed by atoms with Gasteiger partial charge in [0.25, 0.3) is 5.89 Å². The predicted octanol–water partition coefficient (Wildman–Crippen LogP) is 3.39. The monoisotopic (exact) mass is 530 g/mol. The normalized spacial score (nSPS) is 35.6. The number of hydrogen-bond donors (Lipinski definition) is 1. The highest BCUT2D eigenvalue weighted by Gasteiger charge is 2.67. The summed E-state index contributed by atoms with van der Waals surface area (Å²) in [5.74, 6) is -3.31. The van der Waals surface area contributed by atoms with Gasteiger partial charge < -0.3 is 23.8 Å². The van der Waals surface area contributed by atoms with Crippen molar-refractivity contribution in [2.75, 3.05) is 7.11 Å². The van der Waals surface area contributed by atoms with Crippen LogP contribution >= 0.6 is 0 Å². The first kappa shape index (κ1) is 26.4. The molecule has 38 heavy (non-hydrogen) atoms. The number of methoxy groups -OCH3 is 1. The molecule has 11 heteroatoms. The van der Waals surface area contributed by atoms with Gasteiger partial charge in [-0.25, -0.2) is 4.39 Å². The van der Waals surface area contributed by atoms with Gasteiger partial charge in [0.05, 0.1) is 5.92 Å². The molecule has 0 bridgehead atoms. The molecule has 1 aromatic heterocycles. The number of fused-ring (bicyclic) bond motifs is 3. The van der Waals surface area contributed by atoms with Gasteiger partial charge in [0.1, 0.15) is 5.82 Å². The Labute approximate surface area is 218 Å². The Morgan fingerprint density at radius 1 is 1.21 bits per heavy atom. The van der Waals surface area contributed by atoms with Crippen molar-refractivity contribution < 1.29 is 42.6 Å². The van der Waals surface area contributed by atoms with Crippen LogP contribution in [0.2, 0.25) is 0 Å². The summed E-state index contributed by atoms with van der Waals surface area (Å²) in [6, 6.07) is 5.58. The lowest BCUT2D eigenvalue weighted by molar-refractivity contribution is -0.232. The first-order valence-corrected chi connectivity index (χ1v) is 12.7. The fraction of sp³-hybridized carbons (Fsp3) is 0.593. The third-order valence-corrected chi connectivity index (χ3v) is 8.89. The maximum atomic E-state index is 13.9. The van der Waals surface area contributed by atoms with Crippen LogP contribution in [0.3, 0.4) is 0 Å². The van der Waals surface area contributed by atoms with Crippen LogP contribution in [0.4, 0.5) is 4.39 Å². The van der Waals surface area contributed by atoms with E-state index in [0.29, 0.717) is 18.4 Å². The van der Waals surface area contributed by atoms with Crippen molar-refractivity contribution >= 4 is 17.7 Å². The van der Waals surface area contributed by atoms with Crippen molar-refractivity contribution in [2.24, 2.45) is 28.6 Å². The van der Waals surface area contributed by atoms with Gasteiger partial charge in [-0.05, 0) is 54.4 Å². The van der Waals surface area contributed by atoms with Gasteiger partial charge in [0.2, 0.25) is 5.82 Å². The zero-order valence-electron chi connectivity index (χ0n) is 21.7. The van der Waals surface area contributed by atoms with Crippen molar-refractivity contribution in [3.05, 3.63) is 36.0 Å². The molecular weight excluding hydrogens is 499 g/mol. The molecule has 0 spiro atoms. The second-order valence-corrected chi connectivity index (χ2v) is 11.1. The number of cyclic esters (lactones) is 1. The number of hydrogen-bond acceptors (Lipinski definition) is 10. The Bertz CT molecular complexity index is 1250. The molecule has 2 aliphatic carbocycles. The SMILES string of the molecule is COC(O)[C@@H]1C[C@H](OC(C)=O)C(=O)[C@@H]2[C@@]3(C)C[C@@H](c4nc(-c5ccc(F)cc5)no4)OC(=O)[C@@H]3CC[C@]21C. The van der Waals surface area contributed by atoms with Crippen LogP contribution < -0.4 is 0 Å². The van der Waals surface area contributed by atoms with Crippen molar-refractivity contribution in [1.29, 1.82) is 0 Å². The molecule has 0 radical (unpaired) electrons. The van der Waals surface area contributed by atoms with Crippen LogP contribution in [0, 0.1) is 34.4 Å². The molecule has 10 nitrogen and oxygen atoms in total. The number of aliphatic hydroxyl groups excluding tert-OH is 1. The van der Waals surface area contributed by atoms with E-state index < -0.39 is 64.8 Å². The molecule has 5 rings (SSSR count). The van der Waals surface area contributed by atoms with Crippen LogP contribution in [0.5, 0.6) is 0 Å². The largest absolute Gasteiger partial charge is 0.455 e. The fourth-order valence-corrected chi connectivity index (χ4v) is 7.18. The molecule has 3 aliphatic rings. The quantitative estimate of drug-likeness (QED) is 0.452. The second kappa shape index (κ2) is 9.53. The summed E-state index contributed by atoms with van der Waals surface area (Å²) in [6.07, 6.45) is -1.90. The number of carbonyl (C=O) groups excluding carboxylic acids is 3. The van der Waals surface area contributed by atoms with Crippen LogP contribution in [0.15, 0.2) is 28.8 Å². The van der Waals surface area contributed by atoms with E-state index in [0.717, 1.165) is 0 Å². The molecule has 1 saturated heterocycles. The summed E-state index contributed by atoms with van der Waals surface area (Å²) in [5, 5.41) is 14.8. The number of aliphatic hydroxyl groups is 1. The number of nitrogens with zero attached hydrogens (tertiary/aromatic N) is 2. The van der Waals surface area contributed by atoms with E-state index in [4.69, 9.17) is 18.7 Å². The molecule has 8 atom stereocenters. The highest BCUT2D eigenvalue weighted by atomic mass is 19.1. The zero-order chi connectivity index (χ0) is 27.4. The predicted molar refractivity (Wildman–Crippen MR) is 127 cm³/mol. The van der Waals surface area contributed by atoms with Gasteiger partial charge in [0.15, 0.2) is 24.3 Å². The average molecular weight is 531 g/mol.